The molecule has 9 heteroatoms. The zero-order chi connectivity index (χ0) is 21.1. The molecular formula is C19H27N3O5S. The van der Waals surface area contributed by atoms with Gasteiger partial charge < -0.3 is 19.8 Å². The number of aromatic nitrogens is 2. The molecule has 0 spiro atoms. The number of thiophene rings is 1. The van der Waals surface area contributed by atoms with Gasteiger partial charge >= 0.3 is 12.1 Å². The molecular weight excluding hydrogens is 382 g/mol. The number of ether oxygens (including phenoxy) is 2. The SMILES string of the molecule is Cc1sc2nc([C@@H](C)OC(=O)CCCNC(=O)OC(C)(C)C)[nH]c(=O)c2c1C. The molecule has 0 radical (unpaired) electrons. The van der Waals surface area contributed by atoms with Crippen LogP contribution in [0.25, 0.3) is 10.2 Å². The van der Waals surface area contributed by atoms with E-state index in [0.29, 0.717) is 29.0 Å². The zero-order valence-corrected chi connectivity index (χ0v) is 17.9. The van der Waals surface area contributed by atoms with Crippen LogP contribution in [0, 0.1) is 13.8 Å². The normalized spacial score (nSPS) is 12.6. The van der Waals surface area contributed by atoms with Crippen molar-refractivity contribution in [3.05, 3.63) is 26.6 Å². The highest BCUT2D eigenvalue weighted by atomic mass is 32.1. The number of alkyl carbamates (subject to hydrolysis) is 1. The molecule has 8 nitrogen and oxygen atoms in total. The predicted octanol–water partition coefficient (Wildman–Crippen LogP) is 3.51. The van der Waals surface area contributed by atoms with Gasteiger partial charge in [-0.1, -0.05) is 0 Å². The Morgan fingerprint density at radius 3 is 2.61 bits per heavy atom. The minimum Gasteiger partial charge on any atom is -0.454 e. The molecule has 28 heavy (non-hydrogen) atoms. The van der Waals surface area contributed by atoms with Crippen LogP contribution in [0.3, 0.4) is 0 Å². The number of aromatic amines is 1. The summed E-state index contributed by atoms with van der Waals surface area (Å²) in [5, 5.41) is 3.17. The van der Waals surface area contributed by atoms with E-state index in [1.165, 1.54) is 11.3 Å². The minimum absolute atomic E-state index is 0.129. The number of carbonyl (C=O) groups is 2. The molecule has 2 rings (SSSR count). The molecule has 1 amide bonds. The van der Waals surface area contributed by atoms with Gasteiger partial charge in [-0.25, -0.2) is 9.78 Å². The first-order valence-electron chi connectivity index (χ1n) is 9.14. The Balaban J connectivity index is 1.86. The summed E-state index contributed by atoms with van der Waals surface area (Å²) >= 11 is 1.44. The van der Waals surface area contributed by atoms with Crippen molar-refractivity contribution in [1.82, 2.24) is 15.3 Å². The fourth-order valence-corrected chi connectivity index (χ4v) is 3.55. The third-order valence-corrected chi connectivity index (χ3v) is 5.08. The number of fused-ring (bicyclic) bond motifs is 1. The van der Waals surface area contributed by atoms with Gasteiger partial charge in [-0.3, -0.25) is 9.59 Å². The van der Waals surface area contributed by atoms with Crippen LogP contribution in [0.4, 0.5) is 4.79 Å². The van der Waals surface area contributed by atoms with Crippen molar-refractivity contribution in [2.24, 2.45) is 0 Å². The molecule has 0 aliphatic heterocycles. The lowest BCUT2D eigenvalue weighted by atomic mass is 10.2. The number of nitrogens with one attached hydrogen (secondary N) is 2. The van der Waals surface area contributed by atoms with Crippen molar-refractivity contribution in [3.63, 3.8) is 0 Å². The lowest BCUT2D eigenvalue weighted by Gasteiger charge is -2.19. The Kier molecular flexibility index (Phi) is 6.82. The van der Waals surface area contributed by atoms with Gasteiger partial charge in [-0.2, -0.15) is 0 Å². The molecule has 0 aliphatic rings. The van der Waals surface area contributed by atoms with Gasteiger partial charge in [0, 0.05) is 17.8 Å². The fraction of sp³-hybridized carbons (Fsp3) is 0.579. The Hall–Kier alpha value is -2.42. The summed E-state index contributed by atoms with van der Waals surface area (Å²) in [5.41, 5.74) is 0.122. The number of esters is 1. The number of amides is 1. The quantitative estimate of drug-likeness (QED) is 0.558. The molecule has 2 aromatic rings. The van der Waals surface area contributed by atoms with Crippen molar-refractivity contribution >= 4 is 33.6 Å². The first-order chi connectivity index (χ1) is 13.0. The molecule has 0 aromatic carbocycles. The van der Waals surface area contributed by atoms with Crippen molar-refractivity contribution in [2.45, 2.75) is 66.1 Å². The number of aryl methyl sites for hydroxylation is 2. The summed E-state index contributed by atoms with van der Waals surface area (Å²) in [5.74, 6) is -0.112. The summed E-state index contributed by atoms with van der Waals surface area (Å²) in [7, 11) is 0. The van der Waals surface area contributed by atoms with Gasteiger partial charge in [-0.05, 0) is 53.5 Å². The van der Waals surface area contributed by atoms with Crippen molar-refractivity contribution in [1.29, 1.82) is 0 Å². The smallest absolute Gasteiger partial charge is 0.407 e. The van der Waals surface area contributed by atoms with Gasteiger partial charge in [0.2, 0.25) is 0 Å². The number of carbonyl (C=O) groups excluding carboxylic acids is 2. The van der Waals surface area contributed by atoms with Crippen molar-refractivity contribution in [2.75, 3.05) is 6.54 Å². The number of nitrogens with zero attached hydrogens (tertiary/aromatic N) is 1. The molecule has 0 saturated carbocycles. The van der Waals surface area contributed by atoms with Crippen LogP contribution in [0.5, 0.6) is 0 Å². The Morgan fingerprint density at radius 2 is 1.96 bits per heavy atom. The van der Waals surface area contributed by atoms with Crippen LogP contribution in [0.2, 0.25) is 0 Å². The second-order valence-electron chi connectivity index (χ2n) is 7.58. The molecule has 0 unspecified atom stereocenters. The highest BCUT2D eigenvalue weighted by Crippen LogP contribution is 2.27. The van der Waals surface area contributed by atoms with Crippen LogP contribution in [0.1, 0.15) is 62.9 Å². The number of hydrogen-bond acceptors (Lipinski definition) is 7. The molecule has 1 atom stereocenters. The van der Waals surface area contributed by atoms with E-state index in [9.17, 15) is 14.4 Å². The average Bonchev–Trinajstić information content (AvgIpc) is 2.84. The molecule has 0 bridgehead atoms. The highest BCUT2D eigenvalue weighted by molar-refractivity contribution is 7.18. The first-order valence-corrected chi connectivity index (χ1v) is 9.96. The second kappa shape index (κ2) is 8.72. The van der Waals surface area contributed by atoms with Gasteiger partial charge in [-0.15, -0.1) is 11.3 Å². The summed E-state index contributed by atoms with van der Waals surface area (Å²) in [6, 6.07) is 0. The van der Waals surface area contributed by atoms with Crippen LogP contribution < -0.4 is 10.9 Å². The van der Waals surface area contributed by atoms with Gasteiger partial charge in [0.25, 0.3) is 5.56 Å². The lowest BCUT2D eigenvalue weighted by molar-refractivity contribution is -0.149. The Morgan fingerprint density at radius 1 is 1.29 bits per heavy atom. The number of hydrogen-bond donors (Lipinski definition) is 2. The molecule has 2 aromatic heterocycles. The highest BCUT2D eigenvalue weighted by Gasteiger charge is 2.19. The zero-order valence-electron chi connectivity index (χ0n) is 17.1. The van der Waals surface area contributed by atoms with Gasteiger partial charge in [0.15, 0.2) is 11.9 Å². The van der Waals surface area contributed by atoms with Crippen molar-refractivity contribution < 1.29 is 19.1 Å². The molecule has 0 aliphatic carbocycles. The Labute approximate surface area is 167 Å². The number of H-pyrrole nitrogens is 1. The van der Waals surface area contributed by atoms with E-state index in [1.807, 2.05) is 13.8 Å². The van der Waals surface area contributed by atoms with E-state index < -0.39 is 23.8 Å². The van der Waals surface area contributed by atoms with E-state index in [-0.39, 0.29) is 12.0 Å². The third kappa shape index (κ3) is 5.79. The first kappa shape index (κ1) is 21.9. The number of rotatable bonds is 6. The van der Waals surface area contributed by atoms with Crippen molar-refractivity contribution in [3.8, 4) is 0 Å². The van der Waals surface area contributed by atoms with E-state index >= 15 is 0 Å². The minimum atomic E-state index is -0.675. The molecule has 0 saturated heterocycles. The van der Waals surface area contributed by atoms with Gasteiger partial charge in [0.1, 0.15) is 10.4 Å². The largest absolute Gasteiger partial charge is 0.454 e. The second-order valence-corrected chi connectivity index (χ2v) is 8.78. The van der Waals surface area contributed by atoms with E-state index in [1.54, 1.807) is 27.7 Å². The maximum Gasteiger partial charge on any atom is 0.407 e. The topological polar surface area (TPSA) is 110 Å². The summed E-state index contributed by atoms with van der Waals surface area (Å²) in [6.07, 6.45) is -0.655. The predicted molar refractivity (Wildman–Crippen MR) is 108 cm³/mol. The molecule has 0 fully saturated rings. The van der Waals surface area contributed by atoms with E-state index in [2.05, 4.69) is 15.3 Å². The monoisotopic (exact) mass is 409 g/mol. The van der Waals surface area contributed by atoms with E-state index in [0.717, 1.165) is 10.4 Å². The lowest BCUT2D eigenvalue weighted by Crippen LogP contribution is -2.33. The van der Waals surface area contributed by atoms with Crippen LogP contribution in [0.15, 0.2) is 4.79 Å². The third-order valence-electron chi connectivity index (χ3n) is 3.98. The maximum absolute atomic E-state index is 12.3. The molecule has 2 heterocycles. The molecule has 154 valence electrons. The summed E-state index contributed by atoms with van der Waals surface area (Å²) in [4.78, 5) is 44.7. The van der Waals surface area contributed by atoms with E-state index in [4.69, 9.17) is 9.47 Å². The maximum atomic E-state index is 12.3. The Bertz CT molecular complexity index is 926. The standard InChI is InChI=1S/C19H27N3O5S/c1-10-12(3)28-17-14(10)16(24)21-15(22-17)11(2)26-13(23)8-7-9-20-18(25)27-19(4,5)6/h11H,7-9H2,1-6H3,(H,20,25)(H,21,22,24)/t11-/m1/s1. The van der Waals surface area contributed by atoms with Gasteiger partial charge in [0.05, 0.1) is 5.39 Å². The average molecular weight is 410 g/mol. The fourth-order valence-electron chi connectivity index (χ4n) is 2.51. The summed E-state index contributed by atoms with van der Waals surface area (Å²) in [6.45, 7) is 11.1. The van der Waals surface area contributed by atoms with Crippen LogP contribution in [-0.4, -0.2) is 34.2 Å². The molecule has 2 N–H and O–H groups in total. The van der Waals surface area contributed by atoms with Crippen LogP contribution >= 0.6 is 11.3 Å². The van der Waals surface area contributed by atoms with Crippen LogP contribution in [-0.2, 0) is 14.3 Å². The summed E-state index contributed by atoms with van der Waals surface area (Å²) < 4.78 is 10.5.